The van der Waals surface area contributed by atoms with E-state index in [1.165, 1.54) is 16.7 Å². The van der Waals surface area contributed by atoms with Crippen LogP contribution in [0.15, 0.2) is 54.1 Å². The molecule has 0 saturated heterocycles. The second-order valence-electron chi connectivity index (χ2n) is 4.91. The van der Waals surface area contributed by atoms with Gasteiger partial charge >= 0.3 is 0 Å². The average Bonchev–Trinajstić information content (AvgIpc) is 2.46. The molecular weight excluding hydrogens is 230 g/mol. The maximum absolute atomic E-state index is 8.26. The molecule has 0 aliphatic heterocycles. The maximum Gasteiger partial charge on any atom is 0.0574 e. The summed E-state index contributed by atoms with van der Waals surface area (Å²) >= 11 is 0. The summed E-state index contributed by atoms with van der Waals surface area (Å²) in [5, 5.41) is 8.26. The molecule has 1 nitrogen and oxygen atoms in total. The molecule has 98 valence electrons. The van der Waals surface area contributed by atoms with Crippen LogP contribution in [0.25, 0.3) is 5.57 Å². The molecule has 19 heavy (non-hydrogen) atoms. The zero-order chi connectivity index (χ0) is 13.7. The lowest BCUT2D eigenvalue weighted by Crippen LogP contribution is -2.01. The first-order valence-corrected chi connectivity index (χ1v) is 6.93. The van der Waals surface area contributed by atoms with Crippen molar-refractivity contribution in [1.82, 2.24) is 0 Å². The molecule has 0 heterocycles. The minimum atomic E-state index is 0.657. The van der Waals surface area contributed by atoms with E-state index in [0.717, 1.165) is 24.8 Å². The molecule has 0 amide bonds. The third-order valence-corrected chi connectivity index (χ3v) is 3.55. The Kier molecular flexibility index (Phi) is 4.51. The molecule has 0 aromatic heterocycles. The van der Waals surface area contributed by atoms with Crippen molar-refractivity contribution in [1.29, 1.82) is 5.41 Å². The van der Waals surface area contributed by atoms with Crippen LogP contribution in [0, 0.1) is 12.3 Å². The summed E-state index contributed by atoms with van der Waals surface area (Å²) in [6.07, 6.45) is 11.3. The van der Waals surface area contributed by atoms with Crippen molar-refractivity contribution >= 4 is 11.3 Å². The maximum atomic E-state index is 8.26. The summed E-state index contributed by atoms with van der Waals surface area (Å²) in [4.78, 5) is 0. The third-order valence-electron chi connectivity index (χ3n) is 3.55. The predicted molar refractivity (Wildman–Crippen MR) is 83.6 cm³/mol. The number of hydrogen-bond acceptors (Lipinski definition) is 1. The van der Waals surface area contributed by atoms with E-state index in [0.29, 0.717) is 5.71 Å². The Hall–Kier alpha value is -1.89. The Morgan fingerprint density at radius 3 is 2.74 bits per heavy atom. The van der Waals surface area contributed by atoms with Crippen LogP contribution >= 0.6 is 0 Å². The zero-order valence-corrected chi connectivity index (χ0v) is 11.7. The fourth-order valence-electron chi connectivity index (χ4n) is 2.40. The van der Waals surface area contributed by atoms with Crippen LogP contribution in [0.1, 0.15) is 37.3 Å². The minimum Gasteiger partial charge on any atom is -0.301 e. The zero-order valence-electron chi connectivity index (χ0n) is 11.7. The number of nitrogens with one attached hydrogen (secondary N) is 1. The Morgan fingerprint density at radius 2 is 2.11 bits per heavy atom. The average molecular weight is 251 g/mol. The van der Waals surface area contributed by atoms with Gasteiger partial charge in [-0.2, -0.15) is 0 Å². The number of aryl methyl sites for hydroxylation is 1. The molecule has 1 heteroatoms. The van der Waals surface area contributed by atoms with Gasteiger partial charge in [0, 0.05) is 0 Å². The van der Waals surface area contributed by atoms with E-state index in [9.17, 15) is 0 Å². The largest absolute Gasteiger partial charge is 0.301 e. The molecule has 1 aliphatic carbocycles. The van der Waals surface area contributed by atoms with Crippen molar-refractivity contribution in [2.45, 2.75) is 33.1 Å². The normalized spacial score (nSPS) is 15.3. The lowest BCUT2D eigenvalue weighted by Gasteiger charge is -2.12. The van der Waals surface area contributed by atoms with E-state index in [4.69, 9.17) is 5.41 Å². The molecule has 0 bridgehead atoms. The van der Waals surface area contributed by atoms with Crippen LogP contribution in [0.5, 0.6) is 0 Å². The van der Waals surface area contributed by atoms with Gasteiger partial charge in [-0.05, 0) is 54.5 Å². The second-order valence-corrected chi connectivity index (χ2v) is 4.91. The summed E-state index contributed by atoms with van der Waals surface area (Å²) in [7, 11) is 0. The van der Waals surface area contributed by atoms with Crippen LogP contribution in [0.2, 0.25) is 0 Å². The van der Waals surface area contributed by atoms with Gasteiger partial charge in [0.05, 0.1) is 5.71 Å². The molecule has 0 saturated carbocycles. The van der Waals surface area contributed by atoms with Crippen molar-refractivity contribution in [3.63, 3.8) is 0 Å². The number of benzene rings is 1. The van der Waals surface area contributed by atoms with Crippen molar-refractivity contribution in [3.05, 3.63) is 65.3 Å². The summed E-state index contributed by atoms with van der Waals surface area (Å²) in [5.41, 5.74) is 5.59. The van der Waals surface area contributed by atoms with E-state index in [1.54, 1.807) is 0 Å². The Labute approximate surface area is 115 Å². The van der Waals surface area contributed by atoms with Crippen LogP contribution < -0.4 is 0 Å². The Morgan fingerprint density at radius 1 is 1.32 bits per heavy atom. The highest BCUT2D eigenvalue weighted by molar-refractivity contribution is 6.10. The van der Waals surface area contributed by atoms with Crippen molar-refractivity contribution in [2.24, 2.45) is 0 Å². The fraction of sp³-hybridized carbons (Fsp3) is 0.278. The van der Waals surface area contributed by atoms with Gasteiger partial charge in [-0.1, -0.05) is 49.4 Å². The highest BCUT2D eigenvalue weighted by Crippen LogP contribution is 2.23. The van der Waals surface area contributed by atoms with E-state index in [2.05, 4.69) is 56.3 Å². The number of allylic oxidation sites excluding steroid dienone is 6. The van der Waals surface area contributed by atoms with Crippen LogP contribution in [0.4, 0.5) is 0 Å². The molecule has 1 N–H and O–H groups in total. The first-order valence-electron chi connectivity index (χ1n) is 6.93. The summed E-state index contributed by atoms with van der Waals surface area (Å²) in [6, 6.07) is 8.40. The first kappa shape index (κ1) is 13.5. The summed E-state index contributed by atoms with van der Waals surface area (Å²) < 4.78 is 0. The molecule has 0 spiro atoms. The molecule has 1 aromatic rings. The van der Waals surface area contributed by atoms with E-state index < -0.39 is 0 Å². The molecule has 0 unspecified atom stereocenters. The molecule has 1 aromatic carbocycles. The molecule has 1 aliphatic rings. The fourth-order valence-corrected chi connectivity index (χ4v) is 2.40. The standard InChI is InChI=1S/C18H21N/c1-3-15(17-12-8-7-9-14(17)2)13-18(19)16-10-5-4-6-11-16/h4-5,7-10,12-13,19H,3,6,11H2,1-2H3/b15-13-,19-18?. The van der Waals surface area contributed by atoms with Gasteiger partial charge in [-0.3, -0.25) is 0 Å². The Balaban J connectivity index is 2.29. The van der Waals surface area contributed by atoms with Gasteiger partial charge in [0.15, 0.2) is 0 Å². The third kappa shape index (κ3) is 3.31. The number of hydrogen-bond donors (Lipinski definition) is 1. The molecule has 0 atom stereocenters. The summed E-state index contributed by atoms with van der Waals surface area (Å²) in [5.74, 6) is 0. The van der Waals surface area contributed by atoms with Gasteiger partial charge in [-0.25, -0.2) is 0 Å². The van der Waals surface area contributed by atoms with E-state index in [1.807, 2.05) is 6.08 Å². The Bertz CT molecular complexity index is 559. The highest BCUT2D eigenvalue weighted by Gasteiger charge is 2.07. The summed E-state index contributed by atoms with van der Waals surface area (Å²) in [6.45, 7) is 4.28. The lowest BCUT2D eigenvalue weighted by molar-refractivity contribution is 1.00. The van der Waals surface area contributed by atoms with Gasteiger partial charge in [0.2, 0.25) is 0 Å². The smallest absolute Gasteiger partial charge is 0.0574 e. The molecule has 2 rings (SSSR count). The van der Waals surface area contributed by atoms with E-state index in [-0.39, 0.29) is 0 Å². The van der Waals surface area contributed by atoms with Crippen LogP contribution in [0.3, 0.4) is 0 Å². The molecule has 0 fully saturated rings. The van der Waals surface area contributed by atoms with Gasteiger partial charge in [-0.15, -0.1) is 0 Å². The molecular formula is C18H21N. The lowest BCUT2D eigenvalue weighted by atomic mass is 9.94. The first-order chi connectivity index (χ1) is 9.22. The van der Waals surface area contributed by atoms with E-state index >= 15 is 0 Å². The topological polar surface area (TPSA) is 23.9 Å². The predicted octanol–water partition coefficient (Wildman–Crippen LogP) is 5.08. The van der Waals surface area contributed by atoms with Crippen LogP contribution in [-0.2, 0) is 0 Å². The second kappa shape index (κ2) is 6.33. The number of rotatable bonds is 4. The van der Waals surface area contributed by atoms with Gasteiger partial charge < -0.3 is 5.41 Å². The quantitative estimate of drug-likeness (QED) is 0.721. The highest BCUT2D eigenvalue weighted by atomic mass is 14.4. The molecule has 0 radical (unpaired) electrons. The van der Waals surface area contributed by atoms with Crippen molar-refractivity contribution in [3.8, 4) is 0 Å². The van der Waals surface area contributed by atoms with Gasteiger partial charge in [0.25, 0.3) is 0 Å². The van der Waals surface area contributed by atoms with Crippen molar-refractivity contribution < 1.29 is 0 Å². The van der Waals surface area contributed by atoms with Crippen LogP contribution in [-0.4, -0.2) is 5.71 Å². The minimum absolute atomic E-state index is 0.657. The SMILES string of the molecule is CC/C(=C/C(=N)C1=CC=CCC1)c1ccccc1C. The van der Waals surface area contributed by atoms with Crippen molar-refractivity contribution in [2.75, 3.05) is 0 Å². The van der Waals surface area contributed by atoms with Gasteiger partial charge in [0.1, 0.15) is 0 Å². The monoisotopic (exact) mass is 251 g/mol.